The number of benzene rings is 1. The van der Waals surface area contributed by atoms with E-state index in [9.17, 15) is 0 Å². The van der Waals surface area contributed by atoms with Crippen LogP contribution in [0.5, 0.6) is 0 Å². The van der Waals surface area contributed by atoms with Crippen molar-refractivity contribution in [2.75, 3.05) is 39.9 Å². The Morgan fingerprint density at radius 1 is 1.09 bits per heavy atom. The molecule has 0 bridgehead atoms. The number of nitrogens with zero attached hydrogens (tertiary/aromatic N) is 4. The molecule has 2 aromatic heterocycles. The van der Waals surface area contributed by atoms with Gasteiger partial charge in [0.15, 0.2) is 5.96 Å². The lowest BCUT2D eigenvalue weighted by Gasteiger charge is -2.33. The van der Waals surface area contributed by atoms with E-state index in [1.54, 1.807) is 13.2 Å². The Morgan fingerprint density at radius 2 is 1.91 bits per heavy atom. The van der Waals surface area contributed by atoms with E-state index in [0.29, 0.717) is 13.1 Å². The average molecular weight is 437 g/mol. The quantitative estimate of drug-likeness (QED) is 0.417. The smallest absolute Gasteiger partial charge is 0.191 e. The van der Waals surface area contributed by atoms with Gasteiger partial charge in [-0.3, -0.25) is 14.6 Å². The van der Waals surface area contributed by atoms with E-state index in [0.717, 1.165) is 50.3 Å². The zero-order valence-corrected chi connectivity index (χ0v) is 18.8. The topological polar surface area (TPSA) is 79.8 Å². The summed E-state index contributed by atoms with van der Waals surface area (Å²) in [6.45, 7) is 7.37. The fourth-order valence-electron chi connectivity index (χ4n) is 3.98. The molecule has 1 aliphatic heterocycles. The molecule has 170 valence electrons. The minimum absolute atomic E-state index is 0.123. The summed E-state index contributed by atoms with van der Waals surface area (Å²) < 4.78 is 13.4. The number of hydrogen-bond donors (Lipinski definition) is 2. The van der Waals surface area contributed by atoms with Crippen LogP contribution < -0.4 is 10.6 Å². The summed E-state index contributed by atoms with van der Waals surface area (Å²) >= 11 is 0. The Labute approximate surface area is 189 Å². The largest absolute Gasteiger partial charge is 0.465 e. The molecule has 0 aliphatic carbocycles. The number of hydrogen-bond acceptors (Lipinski definition) is 5. The Hall–Kier alpha value is -3.10. The number of furan rings is 1. The van der Waals surface area contributed by atoms with Crippen molar-refractivity contribution < 1.29 is 9.15 Å². The van der Waals surface area contributed by atoms with Crippen molar-refractivity contribution in [1.82, 2.24) is 25.3 Å². The lowest BCUT2D eigenvalue weighted by atomic mass is 10.1. The van der Waals surface area contributed by atoms with Gasteiger partial charge in [-0.05, 0) is 36.2 Å². The number of aromatic nitrogens is 2. The van der Waals surface area contributed by atoms with Crippen molar-refractivity contribution in [3.8, 4) is 0 Å². The zero-order chi connectivity index (χ0) is 22.2. The predicted octanol–water partition coefficient (Wildman–Crippen LogP) is 2.57. The van der Waals surface area contributed by atoms with Crippen LogP contribution in [0.2, 0.25) is 0 Å². The molecule has 2 N–H and O–H groups in total. The van der Waals surface area contributed by atoms with Gasteiger partial charge in [0.25, 0.3) is 0 Å². The van der Waals surface area contributed by atoms with Crippen LogP contribution in [-0.2, 0) is 17.8 Å². The van der Waals surface area contributed by atoms with Crippen LogP contribution in [0.1, 0.15) is 28.7 Å². The number of aliphatic imine (C=N–C) groups is 1. The molecule has 1 unspecified atom stereocenters. The molecule has 8 heteroatoms. The number of guanidine groups is 1. The van der Waals surface area contributed by atoms with Gasteiger partial charge in [0.05, 0.1) is 25.8 Å². The molecule has 1 aromatic carbocycles. The van der Waals surface area contributed by atoms with Crippen LogP contribution in [0.25, 0.3) is 0 Å². The van der Waals surface area contributed by atoms with E-state index in [4.69, 9.17) is 9.15 Å². The average Bonchev–Trinajstić information content (AvgIpc) is 3.49. The van der Waals surface area contributed by atoms with Crippen molar-refractivity contribution in [1.29, 1.82) is 0 Å². The Bertz CT molecular complexity index is 992. The first-order valence-corrected chi connectivity index (χ1v) is 11.1. The van der Waals surface area contributed by atoms with Gasteiger partial charge in [-0.1, -0.05) is 24.3 Å². The molecular weight excluding hydrogens is 404 g/mol. The molecule has 3 heterocycles. The van der Waals surface area contributed by atoms with Gasteiger partial charge in [0, 0.05) is 45.6 Å². The van der Waals surface area contributed by atoms with E-state index >= 15 is 0 Å². The lowest BCUT2D eigenvalue weighted by molar-refractivity contribution is 0.0124. The van der Waals surface area contributed by atoms with Gasteiger partial charge in [-0.15, -0.1) is 0 Å². The van der Waals surface area contributed by atoms with Crippen molar-refractivity contribution in [2.24, 2.45) is 4.99 Å². The van der Waals surface area contributed by atoms with E-state index in [-0.39, 0.29) is 6.04 Å². The maximum Gasteiger partial charge on any atom is 0.191 e. The standard InChI is InChI=1S/C24H32N6O2/c1-19-8-9-23(32-19)22(29-12-14-31-15-13-29)17-27-24(25-2)26-16-20-6-3-4-7-21(20)18-30-11-5-10-28-30/h3-11,22H,12-18H2,1-2H3,(H2,25,26,27). The Balaban J connectivity index is 1.38. The van der Waals surface area contributed by atoms with Crippen molar-refractivity contribution >= 4 is 5.96 Å². The molecule has 8 nitrogen and oxygen atoms in total. The Morgan fingerprint density at radius 3 is 2.59 bits per heavy atom. The fraction of sp³-hybridized carbons (Fsp3) is 0.417. The van der Waals surface area contributed by atoms with Crippen molar-refractivity contribution in [2.45, 2.75) is 26.1 Å². The number of ether oxygens (including phenoxy) is 1. The predicted molar refractivity (Wildman–Crippen MR) is 125 cm³/mol. The van der Waals surface area contributed by atoms with Crippen LogP contribution in [0.15, 0.2) is 64.3 Å². The zero-order valence-electron chi connectivity index (χ0n) is 18.8. The van der Waals surface area contributed by atoms with E-state index < -0.39 is 0 Å². The molecular formula is C24H32N6O2. The molecule has 32 heavy (non-hydrogen) atoms. The maximum absolute atomic E-state index is 5.97. The highest BCUT2D eigenvalue weighted by molar-refractivity contribution is 5.79. The summed E-state index contributed by atoms with van der Waals surface area (Å²) in [7, 11) is 1.80. The number of nitrogens with one attached hydrogen (secondary N) is 2. The van der Waals surface area contributed by atoms with Crippen LogP contribution in [0, 0.1) is 6.92 Å². The lowest BCUT2D eigenvalue weighted by Crippen LogP contribution is -2.46. The van der Waals surface area contributed by atoms with Gasteiger partial charge in [0.1, 0.15) is 11.5 Å². The summed E-state index contributed by atoms with van der Waals surface area (Å²) in [6.07, 6.45) is 3.78. The van der Waals surface area contributed by atoms with Crippen LogP contribution in [0.4, 0.5) is 0 Å². The number of morpholine rings is 1. The highest BCUT2D eigenvalue weighted by Gasteiger charge is 2.25. The summed E-state index contributed by atoms with van der Waals surface area (Å²) in [6, 6.07) is 14.6. The third-order valence-corrected chi connectivity index (χ3v) is 5.72. The third-order valence-electron chi connectivity index (χ3n) is 5.72. The fourth-order valence-corrected chi connectivity index (χ4v) is 3.98. The molecule has 1 saturated heterocycles. The van der Waals surface area contributed by atoms with Crippen LogP contribution in [-0.4, -0.2) is 60.5 Å². The molecule has 0 amide bonds. The first kappa shape index (κ1) is 22.1. The third kappa shape index (κ3) is 5.77. The first-order valence-electron chi connectivity index (χ1n) is 11.1. The SMILES string of the molecule is CN=C(NCc1ccccc1Cn1cccn1)NCC(c1ccc(C)o1)N1CCOCC1. The second-order valence-corrected chi connectivity index (χ2v) is 7.89. The monoisotopic (exact) mass is 436 g/mol. The van der Waals surface area contributed by atoms with Crippen molar-refractivity contribution in [3.63, 3.8) is 0 Å². The number of rotatable bonds is 8. The van der Waals surface area contributed by atoms with Gasteiger partial charge < -0.3 is 19.8 Å². The highest BCUT2D eigenvalue weighted by Crippen LogP contribution is 2.23. The first-order chi connectivity index (χ1) is 15.7. The minimum Gasteiger partial charge on any atom is -0.465 e. The van der Waals surface area contributed by atoms with Gasteiger partial charge in [-0.2, -0.15) is 5.10 Å². The van der Waals surface area contributed by atoms with Gasteiger partial charge in [-0.25, -0.2) is 0 Å². The summed E-state index contributed by atoms with van der Waals surface area (Å²) in [4.78, 5) is 6.83. The van der Waals surface area contributed by atoms with E-state index in [1.807, 2.05) is 29.9 Å². The van der Waals surface area contributed by atoms with E-state index in [1.165, 1.54) is 11.1 Å². The highest BCUT2D eigenvalue weighted by atomic mass is 16.5. The molecule has 1 aliphatic rings. The molecule has 1 fully saturated rings. The van der Waals surface area contributed by atoms with Gasteiger partial charge in [0.2, 0.25) is 0 Å². The van der Waals surface area contributed by atoms with Gasteiger partial charge >= 0.3 is 0 Å². The second kappa shape index (κ2) is 11.0. The summed E-state index contributed by atoms with van der Waals surface area (Å²) in [5, 5.41) is 11.3. The molecule has 0 spiro atoms. The van der Waals surface area contributed by atoms with Crippen molar-refractivity contribution in [3.05, 3.63) is 77.5 Å². The molecule has 0 radical (unpaired) electrons. The normalized spacial score (nSPS) is 16.1. The molecule has 4 rings (SSSR count). The van der Waals surface area contributed by atoms with Crippen LogP contribution in [0.3, 0.4) is 0 Å². The Kier molecular flexibility index (Phi) is 7.58. The number of aryl methyl sites for hydroxylation is 1. The summed E-state index contributed by atoms with van der Waals surface area (Å²) in [5.41, 5.74) is 2.45. The second-order valence-electron chi connectivity index (χ2n) is 7.89. The molecule has 3 aromatic rings. The van der Waals surface area contributed by atoms with Crippen LogP contribution >= 0.6 is 0 Å². The molecule has 1 atom stereocenters. The van der Waals surface area contributed by atoms with E-state index in [2.05, 4.69) is 56.0 Å². The summed E-state index contributed by atoms with van der Waals surface area (Å²) in [5.74, 6) is 2.66. The minimum atomic E-state index is 0.123. The molecule has 0 saturated carbocycles. The maximum atomic E-state index is 5.97.